The fraction of sp³-hybridized carbons (Fsp3) is 0.500. The van der Waals surface area contributed by atoms with E-state index in [-0.39, 0.29) is 18.4 Å². The Kier molecular flexibility index (Phi) is 5.20. The molecule has 0 fully saturated rings. The molecular formula is C16H23N3O2. The largest absolute Gasteiger partial charge is 0.385 e. The first kappa shape index (κ1) is 15.4. The number of fused-ring (bicyclic) bond motifs is 1. The van der Waals surface area contributed by atoms with Crippen LogP contribution in [-0.4, -0.2) is 42.9 Å². The Labute approximate surface area is 125 Å². The van der Waals surface area contributed by atoms with Gasteiger partial charge in [-0.1, -0.05) is 0 Å². The second kappa shape index (κ2) is 7.11. The van der Waals surface area contributed by atoms with E-state index < -0.39 is 0 Å². The summed E-state index contributed by atoms with van der Waals surface area (Å²) in [6.45, 7) is 5.95. The van der Waals surface area contributed by atoms with Crippen LogP contribution in [0.4, 0.5) is 5.69 Å². The third-order valence-corrected chi connectivity index (χ3v) is 3.67. The van der Waals surface area contributed by atoms with Crippen LogP contribution >= 0.6 is 0 Å². The molecule has 1 heterocycles. The van der Waals surface area contributed by atoms with Crippen molar-refractivity contribution in [2.24, 2.45) is 0 Å². The summed E-state index contributed by atoms with van der Waals surface area (Å²) in [5, 5.41) is 6.06. The zero-order valence-electron chi connectivity index (χ0n) is 12.7. The van der Waals surface area contributed by atoms with Gasteiger partial charge in [-0.05, 0) is 50.5 Å². The van der Waals surface area contributed by atoms with Crippen molar-refractivity contribution in [2.75, 3.05) is 31.5 Å². The Balaban J connectivity index is 2.11. The van der Waals surface area contributed by atoms with Crippen LogP contribution in [0.15, 0.2) is 18.2 Å². The number of aryl methyl sites for hydroxylation is 1. The van der Waals surface area contributed by atoms with Gasteiger partial charge in [-0.15, -0.1) is 0 Å². The van der Waals surface area contributed by atoms with Crippen LogP contribution in [0.3, 0.4) is 0 Å². The van der Waals surface area contributed by atoms with E-state index in [2.05, 4.69) is 10.6 Å². The van der Waals surface area contributed by atoms with Gasteiger partial charge in [0, 0.05) is 30.9 Å². The van der Waals surface area contributed by atoms with Gasteiger partial charge in [-0.2, -0.15) is 0 Å². The van der Waals surface area contributed by atoms with Crippen LogP contribution in [0.2, 0.25) is 0 Å². The molecule has 0 bridgehead atoms. The Morgan fingerprint density at radius 3 is 2.86 bits per heavy atom. The molecule has 0 aliphatic carbocycles. The number of carbonyl (C=O) groups is 2. The molecule has 1 aromatic carbocycles. The van der Waals surface area contributed by atoms with Gasteiger partial charge < -0.3 is 15.5 Å². The molecule has 0 spiro atoms. The van der Waals surface area contributed by atoms with Crippen molar-refractivity contribution < 1.29 is 9.59 Å². The predicted octanol–water partition coefficient (Wildman–Crippen LogP) is 1.64. The molecule has 2 amide bonds. The first-order chi connectivity index (χ1) is 10.2. The zero-order valence-corrected chi connectivity index (χ0v) is 12.7. The summed E-state index contributed by atoms with van der Waals surface area (Å²) < 4.78 is 0. The predicted molar refractivity (Wildman–Crippen MR) is 83.5 cm³/mol. The summed E-state index contributed by atoms with van der Waals surface area (Å²) in [7, 11) is 0. The number of benzene rings is 1. The maximum Gasteiger partial charge on any atom is 0.254 e. The van der Waals surface area contributed by atoms with Crippen LogP contribution in [0, 0.1) is 0 Å². The van der Waals surface area contributed by atoms with Crippen LogP contribution in [-0.2, 0) is 11.2 Å². The molecule has 0 radical (unpaired) electrons. The quantitative estimate of drug-likeness (QED) is 0.866. The molecule has 21 heavy (non-hydrogen) atoms. The van der Waals surface area contributed by atoms with Gasteiger partial charge in [0.2, 0.25) is 5.91 Å². The summed E-state index contributed by atoms with van der Waals surface area (Å²) in [6, 6.07) is 5.74. The molecule has 0 saturated heterocycles. The van der Waals surface area contributed by atoms with Gasteiger partial charge in [0.1, 0.15) is 0 Å². The molecule has 0 saturated carbocycles. The number of likely N-dealkylation sites (N-methyl/N-ethyl adjacent to an activating group) is 2. The summed E-state index contributed by atoms with van der Waals surface area (Å²) in [5.41, 5.74) is 2.95. The average Bonchev–Trinajstić information content (AvgIpc) is 2.51. The summed E-state index contributed by atoms with van der Waals surface area (Å²) in [4.78, 5) is 25.8. The van der Waals surface area contributed by atoms with E-state index in [1.165, 1.54) is 5.56 Å². The van der Waals surface area contributed by atoms with E-state index >= 15 is 0 Å². The van der Waals surface area contributed by atoms with E-state index in [1.54, 1.807) is 4.90 Å². The number of nitrogens with zero attached hydrogens (tertiary/aromatic N) is 1. The number of rotatable bonds is 5. The number of anilines is 1. The molecule has 0 aromatic heterocycles. The molecule has 1 aliphatic heterocycles. The second-order valence-electron chi connectivity index (χ2n) is 5.18. The SMILES string of the molecule is CCNC(=O)CN(CC)C(=O)c1ccc2c(c1)CCCN2. The third kappa shape index (κ3) is 3.74. The maximum atomic E-state index is 12.5. The van der Waals surface area contributed by atoms with Crippen molar-refractivity contribution in [3.63, 3.8) is 0 Å². The van der Waals surface area contributed by atoms with Crippen molar-refractivity contribution in [2.45, 2.75) is 26.7 Å². The molecular weight excluding hydrogens is 266 g/mol. The number of nitrogens with one attached hydrogen (secondary N) is 2. The molecule has 114 valence electrons. The molecule has 5 heteroatoms. The molecule has 1 aliphatic rings. The normalized spacial score (nSPS) is 13.0. The highest BCUT2D eigenvalue weighted by molar-refractivity contribution is 5.97. The lowest BCUT2D eigenvalue weighted by Gasteiger charge is -2.22. The van der Waals surface area contributed by atoms with E-state index in [1.807, 2.05) is 32.0 Å². The van der Waals surface area contributed by atoms with Gasteiger partial charge in [0.05, 0.1) is 6.54 Å². The Morgan fingerprint density at radius 2 is 2.14 bits per heavy atom. The molecule has 1 aromatic rings. The number of carbonyl (C=O) groups excluding carboxylic acids is 2. The monoisotopic (exact) mass is 289 g/mol. The molecule has 0 atom stereocenters. The van der Waals surface area contributed by atoms with Crippen LogP contribution in [0.25, 0.3) is 0 Å². The Bertz CT molecular complexity index is 528. The van der Waals surface area contributed by atoms with Gasteiger partial charge in [-0.3, -0.25) is 9.59 Å². The highest BCUT2D eigenvalue weighted by Crippen LogP contribution is 2.23. The van der Waals surface area contributed by atoms with E-state index in [4.69, 9.17) is 0 Å². The minimum Gasteiger partial charge on any atom is -0.385 e. The summed E-state index contributed by atoms with van der Waals surface area (Å²) in [6.07, 6.45) is 2.08. The fourth-order valence-corrected chi connectivity index (χ4v) is 2.54. The van der Waals surface area contributed by atoms with Crippen molar-refractivity contribution in [1.29, 1.82) is 0 Å². The average molecular weight is 289 g/mol. The maximum absolute atomic E-state index is 12.5. The van der Waals surface area contributed by atoms with Crippen LogP contribution < -0.4 is 10.6 Å². The zero-order chi connectivity index (χ0) is 15.2. The Morgan fingerprint density at radius 1 is 1.33 bits per heavy atom. The summed E-state index contributed by atoms with van der Waals surface area (Å²) >= 11 is 0. The van der Waals surface area contributed by atoms with Crippen molar-refractivity contribution in [3.05, 3.63) is 29.3 Å². The lowest BCUT2D eigenvalue weighted by molar-refractivity contribution is -0.121. The standard InChI is InChI=1S/C16H23N3O2/c1-3-17-15(20)11-19(4-2)16(21)13-7-8-14-12(10-13)6-5-9-18-14/h7-8,10,18H,3-6,9,11H2,1-2H3,(H,17,20). The van der Waals surface area contributed by atoms with E-state index in [9.17, 15) is 9.59 Å². The van der Waals surface area contributed by atoms with Crippen LogP contribution in [0.1, 0.15) is 36.2 Å². The first-order valence-electron chi connectivity index (χ1n) is 7.58. The Hall–Kier alpha value is -2.04. The molecule has 2 rings (SSSR count). The second-order valence-corrected chi connectivity index (χ2v) is 5.18. The number of hydrogen-bond donors (Lipinski definition) is 2. The fourth-order valence-electron chi connectivity index (χ4n) is 2.54. The smallest absolute Gasteiger partial charge is 0.254 e. The minimum atomic E-state index is -0.118. The van der Waals surface area contributed by atoms with Gasteiger partial charge in [0.15, 0.2) is 0 Å². The highest BCUT2D eigenvalue weighted by Gasteiger charge is 2.19. The van der Waals surface area contributed by atoms with Gasteiger partial charge >= 0.3 is 0 Å². The van der Waals surface area contributed by atoms with Crippen molar-refractivity contribution >= 4 is 17.5 Å². The van der Waals surface area contributed by atoms with Gasteiger partial charge in [0.25, 0.3) is 5.91 Å². The molecule has 5 nitrogen and oxygen atoms in total. The van der Waals surface area contributed by atoms with E-state index in [0.29, 0.717) is 18.7 Å². The lowest BCUT2D eigenvalue weighted by Crippen LogP contribution is -2.40. The highest BCUT2D eigenvalue weighted by atomic mass is 16.2. The lowest BCUT2D eigenvalue weighted by atomic mass is 10.0. The van der Waals surface area contributed by atoms with Crippen molar-refractivity contribution in [1.82, 2.24) is 10.2 Å². The first-order valence-corrected chi connectivity index (χ1v) is 7.58. The van der Waals surface area contributed by atoms with Crippen molar-refractivity contribution in [3.8, 4) is 0 Å². The minimum absolute atomic E-state index is 0.0860. The van der Waals surface area contributed by atoms with Crippen LogP contribution in [0.5, 0.6) is 0 Å². The van der Waals surface area contributed by atoms with Gasteiger partial charge in [-0.25, -0.2) is 0 Å². The van der Waals surface area contributed by atoms with E-state index in [0.717, 1.165) is 25.1 Å². The topological polar surface area (TPSA) is 61.4 Å². The molecule has 0 unspecified atom stereocenters. The molecule has 2 N–H and O–H groups in total. The summed E-state index contributed by atoms with van der Waals surface area (Å²) in [5.74, 6) is -0.204. The third-order valence-electron chi connectivity index (χ3n) is 3.67. The number of amides is 2. The number of hydrogen-bond acceptors (Lipinski definition) is 3.